The van der Waals surface area contributed by atoms with Crippen molar-refractivity contribution in [1.82, 2.24) is 19.7 Å². The van der Waals surface area contributed by atoms with Gasteiger partial charge in [-0.1, -0.05) is 0 Å². The van der Waals surface area contributed by atoms with E-state index in [1.165, 1.54) is 12.3 Å². The maximum absolute atomic E-state index is 12.6. The number of pyridine rings is 1. The Bertz CT molecular complexity index is 902. The van der Waals surface area contributed by atoms with Crippen molar-refractivity contribution in [2.75, 3.05) is 39.1 Å². The van der Waals surface area contributed by atoms with Crippen LogP contribution in [0, 0.1) is 11.8 Å². The molecule has 10 heteroatoms. The summed E-state index contributed by atoms with van der Waals surface area (Å²) in [4.78, 5) is 6.28. The standard InChI is InChI=1S/C20H26F3N5O2/c1-11(2)28-16(18-13-9-27(4-5-29-3)10-14(13)18)7-15(26-28)12-6-17(19(24)25-8-12)30-20(21,22)23/h6-8,11,13-14,18H,4-5,9-10H2,1-3H3,(H2,24,25)/t13-,14?,18?/m0/s1. The van der Waals surface area contributed by atoms with Crippen molar-refractivity contribution in [1.29, 1.82) is 0 Å². The maximum atomic E-state index is 12.6. The number of hydrogen-bond acceptors (Lipinski definition) is 6. The molecule has 3 heterocycles. The quantitative estimate of drug-likeness (QED) is 0.734. The van der Waals surface area contributed by atoms with E-state index in [9.17, 15) is 13.2 Å². The van der Waals surface area contributed by atoms with Crippen molar-refractivity contribution in [3.63, 3.8) is 0 Å². The average molecular weight is 425 g/mol. The molecule has 2 unspecified atom stereocenters. The summed E-state index contributed by atoms with van der Waals surface area (Å²) in [5.41, 5.74) is 7.68. The topological polar surface area (TPSA) is 78.4 Å². The van der Waals surface area contributed by atoms with Crippen molar-refractivity contribution in [3.8, 4) is 17.0 Å². The number of nitrogens with two attached hydrogens (primary N) is 1. The molecule has 2 fully saturated rings. The highest BCUT2D eigenvalue weighted by atomic mass is 19.4. The molecular weight excluding hydrogens is 399 g/mol. The third-order valence-electron chi connectivity index (χ3n) is 5.88. The zero-order chi connectivity index (χ0) is 21.6. The number of ether oxygens (including phenoxy) is 2. The Balaban J connectivity index is 1.57. The SMILES string of the molecule is COCCN1CC2C(c3cc(-c4cnc(N)c(OC(F)(F)F)c4)nn3C(C)C)[C@H]2C1. The van der Waals surface area contributed by atoms with Crippen LogP contribution in [0.3, 0.4) is 0 Å². The third kappa shape index (κ3) is 4.11. The number of aromatic nitrogens is 3. The molecule has 0 spiro atoms. The van der Waals surface area contributed by atoms with Gasteiger partial charge >= 0.3 is 6.36 Å². The second kappa shape index (κ2) is 7.73. The van der Waals surface area contributed by atoms with Crippen molar-refractivity contribution in [2.45, 2.75) is 32.2 Å². The highest BCUT2D eigenvalue weighted by Gasteiger charge is 2.57. The summed E-state index contributed by atoms with van der Waals surface area (Å²) in [6, 6.07) is 3.34. The van der Waals surface area contributed by atoms with Crippen molar-refractivity contribution in [2.24, 2.45) is 11.8 Å². The van der Waals surface area contributed by atoms with Crippen LogP contribution in [0.4, 0.5) is 19.0 Å². The summed E-state index contributed by atoms with van der Waals surface area (Å²) in [6.07, 6.45) is -3.41. The zero-order valence-electron chi connectivity index (χ0n) is 17.2. The van der Waals surface area contributed by atoms with Crippen LogP contribution >= 0.6 is 0 Å². The summed E-state index contributed by atoms with van der Waals surface area (Å²) in [5, 5.41) is 4.67. The molecule has 0 aromatic carbocycles. The predicted molar refractivity (Wildman–Crippen MR) is 105 cm³/mol. The van der Waals surface area contributed by atoms with Gasteiger partial charge in [0.05, 0.1) is 12.3 Å². The molecule has 3 atom stereocenters. The lowest BCUT2D eigenvalue weighted by Crippen LogP contribution is -2.28. The van der Waals surface area contributed by atoms with Crippen LogP contribution in [-0.4, -0.2) is 59.4 Å². The first-order valence-corrected chi connectivity index (χ1v) is 10.00. The summed E-state index contributed by atoms with van der Waals surface area (Å²) in [7, 11) is 1.71. The minimum atomic E-state index is -4.84. The van der Waals surface area contributed by atoms with Gasteiger partial charge in [0.2, 0.25) is 0 Å². The van der Waals surface area contributed by atoms with Gasteiger partial charge in [0.15, 0.2) is 11.6 Å². The van der Waals surface area contributed by atoms with Gasteiger partial charge in [-0.15, -0.1) is 13.2 Å². The fraction of sp³-hybridized carbons (Fsp3) is 0.600. The third-order valence-corrected chi connectivity index (χ3v) is 5.88. The number of piperidine rings is 1. The van der Waals surface area contributed by atoms with Gasteiger partial charge in [-0.25, -0.2) is 4.98 Å². The molecule has 0 radical (unpaired) electrons. The van der Waals surface area contributed by atoms with E-state index in [4.69, 9.17) is 10.5 Å². The minimum absolute atomic E-state index is 0.132. The van der Waals surface area contributed by atoms with E-state index in [0.29, 0.717) is 29.0 Å². The van der Waals surface area contributed by atoms with E-state index in [1.807, 2.05) is 24.6 Å². The Morgan fingerprint density at radius 3 is 2.53 bits per heavy atom. The predicted octanol–water partition coefficient (Wildman–Crippen LogP) is 3.30. The molecule has 4 rings (SSSR count). The Labute approximate surface area is 173 Å². The van der Waals surface area contributed by atoms with Crippen LogP contribution in [0.2, 0.25) is 0 Å². The fourth-order valence-corrected chi connectivity index (χ4v) is 4.47. The van der Waals surface area contributed by atoms with Gasteiger partial charge in [0.25, 0.3) is 0 Å². The monoisotopic (exact) mass is 425 g/mol. The maximum Gasteiger partial charge on any atom is 0.573 e. The minimum Gasteiger partial charge on any atom is -0.402 e. The first-order chi connectivity index (χ1) is 14.2. The van der Waals surface area contributed by atoms with E-state index < -0.39 is 12.1 Å². The molecular formula is C20H26F3N5O2. The first-order valence-electron chi connectivity index (χ1n) is 10.00. The van der Waals surface area contributed by atoms with Gasteiger partial charge in [-0.05, 0) is 37.8 Å². The van der Waals surface area contributed by atoms with Crippen molar-refractivity contribution >= 4 is 5.82 Å². The number of fused-ring (bicyclic) bond motifs is 1. The Morgan fingerprint density at radius 2 is 1.93 bits per heavy atom. The Hall–Kier alpha value is -2.33. The number of anilines is 1. The largest absolute Gasteiger partial charge is 0.573 e. The lowest BCUT2D eigenvalue weighted by molar-refractivity contribution is -0.274. The van der Waals surface area contributed by atoms with Crippen LogP contribution in [0.15, 0.2) is 18.3 Å². The molecule has 1 aliphatic heterocycles. The van der Waals surface area contributed by atoms with E-state index in [2.05, 4.69) is 19.7 Å². The van der Waals surface area contributed by atoms with Crippen LogP contribution in [0.25, 0.3) is 11.3 Å². The molecule has 1 saturated heterocycles. The van der Waals surface area contributed by atoms with Crippen LogP contribution in [0.5, 0.6) is 5.75 Å². The Kier molecular flexibility index (Phi) is 5.39. The number of nitrogens with zero attached hydrogens (tertiary/aromatic N) is 4. The zero-order valence-corrected chi connectivity index (χ0v) is 17.2. The molecule has 1 aliphatic carbocycles. The molecule has 164 valence electrons. The molecule has 0 amide bonds. The number of methoxy groups -OCH3 is 1. The lowest BCUT2D eigenvalue weighted by atomic mass is 10.1. The number of alkyl halides is 3. The van der Waals surface area contributed by atoms with E-state index >= 15 is 0 Å². The molecule has 2 aromatic heterocycles. The number of nitrogen functional groups attached to an aromatic ring is 1. The molecule has 1 saturated carbocycles. The summed E-state index contributed by atoms with van der Waals surface area (Å²) in [6.45, 7) is 7.81. The van der Waals surface area contributed by atoms with Crippen molar-refractivity contribution in [3.05, 3.63) is 24.0 Å². The van der Waals surface area contributed by atoms with E-state index in [1.54, 1.807) is 7.11 Å². The number of rotatable bonds is 7. The normalized spacial score (nSPS) is 23.8. The lowest BCUT2D eigenvalue weighted by Gasteiger charge is -2.19. The second-order valence-corrected chi connectivity index (χ2v) is 8.25. The summed E-state index contributed by atoms with van der Waals surface area (Å²) >= 11 is 0. The van der Waals surface area contributed by atoms with Gasteiger partial charge in [-0.2, -0.15) is 5.10 Å². The van der Waals surface area contributed by atoms with Crippen molar-refractivity contribution < 1.29 is 22.6 Å². The highest BCUT2D eigenvalue weighted by molar-refractivity contribution is 5.64. The molecule has 30 heavy (non-hydrogen) atoms. The second-order valence-electron chi connectivity index (χ2n) is 8.25. The number of likely N-dealkylation sites (tertiary alicyclic amines) is 1. The van der Waals surface area contributed by atoms with Gasteiger partial charge in [0, 0.05) is 56.2 Å². The molecule has 2 aliphatic rings. The van der Waals surface area contributed by atoms with Crippen LogP contribution in [0.1, 0.15) is 31.5 Å². The smallest absolute Gasteiger partial charge is 0.402 e. The molecule has 0 bridgehead atoms. The van der Waals surface area contributed by atoms with E-state index in [-0.39, 0.29) is 11.9 Å². The first kappa shape index (κ1) is 20.9. The number of hydrogen-bond donors (Lipinski definition) is 1. The molecule has 2 aromatic rings. The van der Waals surface area contributed by atoms with E-state index in [0.717, 1.165) is 31.9 Å². The van der Waals surface area contributed by atoms with Gasteiger partial charge < -0.3 is 20.1 Å². The van der Waals surface area contributed by atoms with Gasteiger partial charge in [0.1, 0.15) is 0 Å². The Morgan fingerprint density at radius 1 is 1.23 bits per heavy atom. The fourth-order valence-electron chi connectivity index (χ4n) is 4.47. The summed E-state index contributed by atoms with van der Waals surface area (Å²) < 4.78 is 49.1. The van der Waals surface area contributed by atoms with Crippen LogP contribution in [-0.2, 0) is 4.74 Å². The molecule has 2 N–H and O–H groups in total. The summed E-state index contributed by atoms with van der Waals surface area (Å²) in [5.74, 6) is 0.750. The highest BCUT2D eigenvalue weighted by Crippen LogP contribution is 2.58. The van der Waals surface area contributed by atoms with Crippen LogP contribution < -0.4 is 10.5 Å². The number of halogens is 3. The molecule has 7 nitrogen and oxygen atoms in total. The average Bonchev–Trinajstić information content (AvgIpc) is 3.03. The van der Waals surface area contributed by atoms with Gasteiger partial charge in [-0.3, -0.25) is 4.68 Å².